The first-order valence-electron chi connectivity index (χ1n) is 4.88. The first-order chi connectivity index (χ1) is 6.58. The lowest BCUT2D eigenvalue weighted by Gasteiger charge is -2.25. The van der Waals surface area contributed by atoms with Gasteiger partial charge in [0.25, 0.3) is 0 Å². The van der Waals surface area contributed by atoms with Crippen LogP contribution in [0, 0.1) is 5.41 Å². The van der Waals surface area contributed by atoms with Crippen molar-refractivity contribution in [1.29, 1.82) is 0 Å². The molecule has 14 heavy (non-hydrogen) atoms. The number of allylic oxidation sites excluding steroid dienone is 2. The molecule has 0 aromatic carbocycles. The standard InChI is InChI=1S/C12H14O2/c1-12(2)6-5-10(13)9(8-12)11-4-3-7-14-11/h3-4,7-8H,5-6H2,1-2H3. The van der Waals surface area contributed by atoms with E-state index in [0.717, 1.165) is 12.0 Å². The molecule has 0 saturated heterocycles. The van der Waals surface area contributed by atoms with Crippen LogP contribution in [-0.4, -0.2) is 5.78 Å². The number of Topliss-reactive ketones (excluding diaryl/α,β-unsaturated/α-hetero) is 1. The second-order valence-electron chi connectivity index (χ2n) is 4.45. The Morgan fingerprint density at radius 3 is 2.86 bits per heavy atom. The van der Waals surface area contributed by atoms with Crippen LogP contribution in [0.15, 0.2) is 28.9 Å². The Balaban J connectivity index is 2.42. The van der Waals surface area contributed by atoms with Gasteiger partial charge < -0.3 is 4.42 Å². The lowest BCUT2D eigenvalue weighted by Crippen LogP contribution is -2.18. The molecular formula is C12H14O2. The van der Waals surface area contributed by atoms with E-state index in [4.69, 9.17) is 4.42 Å². The zero-order valence-electron chi connectivity index (χ0n) is 8.54. The van der Waals surface area contributed by atoms with Gasteiger partial charge >= 0.3 is 0 Å². The highest BCUT2D eigenvalue weighted by Gasteiger charge is 2.27. The minimum absolute atomic E-state index is 0.107. The molecule has 0 saturated carbocycles. The second-order valence-corrected chi connectivity index (χ2v) is 4.45. The number of carbonyl (C=O) groups is 1. The second kappa shape index (κ2) is 3.12. The lowest BCUT2D eigenvalue weighted by molar-refractivity contribution is -0.114. The predicted molar refractivity (Wildman–Crippen MR) is 54.7 cm³/mol. The quantitative estimate of drug-likeness (QED) is 0.681. The molecule has 0 fully saturated rings. The van der Waals surface area contributed by atoms with E-state index in [1.165, 1.54) is 0 Å². The minimum atomic E-state index is 0.107. The molecule has 1 heterocycles. The molecule has 0 spiro atoms. The Morgan fingerprint density at radius 2 is 2.21 bits per heavy atom. The van der Waals surface area contributed by atoms with Gasteiger partial charge in [-0.3, -0.25) is 4.79 Å². The summed E-state index contributed by atoms with van der Waals surface area (Å²) in [6, 6.07) is 3.65. The highest BCUT2D eigenvalue weighted by atomic mass is 16.3. The van der Waals surface area contributed by atoms with Crippen molar-refractivity contribution in [3.05, 3.63) is 30.2 Å². The van der Waals surface area contributed by atoms with Crippen molar-refractivity contribution in [3.8, 4) is 0 Å². The Kier molecular flexibility index (Phi) is 2.06. The van der Waals surface area contributed by atoms with Gasteiger partial charge in [0.05, 0.1) is 11.8 Å². The fraction of sp³-hybridized carbons (Fsp3) is 0.417. The SMILES string of the molecule is CC1(C)C=C(c2ccco2)C(=O)CC1. The number of hydrogen-bond donors (Lipinski definition) is 0. The van der Waals surface area contributed by atoms with Gasteiger partial charge in [0.1, 0.15) is 5.76 Å². The van der Waals surface area contributed by atoms with E-state index in [1.54, 1.807) is 6.26 Å². The number of carbonyl (C=O) groups excluding carboxylic acids is 1. The molecule has 2 heteroatoms. The van der Waals surface area contributed by atoms with Gasteiger partial charge in [0.2, 0.25) is 0 Å². The molecule has 1 aromatic rings. The van der Waals surface area contributed by atoms with Crippen LogP contribution in [0.25, 0.3) is 5.57 Å². The molecule has 0 bridgehead atoms. The van der Waals surface area contributed by atoms with E-state index in [2.05, 4.69) is 13.8 Å². The predicted octanol–water partition coefficient (Wildman–Crippen LogP) is 3.05. The third-order valence-electron chi connectivity index (χ3n) is 2.62. The van der Waals surface area contributed by atoms with Crippen LogP contribution >= 0.6 is 0 Å². The van der Waals surface area contributed by atoms with Crippen LogP contribution in [0.3, 0.4) is 0 Å². The molecule has 0 atom stereocenters. The van der Waals surface area contributed by atoms with E-state index >= 15 is 0 Å². The topological polar surface area (TPSA) is 30.2 Å². The third-order valence-corrected chi connectivity index (χ3v) is 2.62. The average molecular weight is 190 g/mol. The molecule has 2 nitrogen and oxygen atoms in total. The summed E-state index contributed by atoms with van der Waals surface area (Å²) in [5.41, 5.74) is 0.849. The smallest absolute Gasteiger partial charge is 0.166 e. The summed E-state index contributed by atoms with van der Waals surface area (Å²) in [5, 5.41) is 0. The number of furan rings is 1. The van der Waals surface area contributed by atoms with Crippen LogP contribution in [0.4, 0.5) is 0 Å². The molecule has 0 unspecified atom stereocenters. The Hall–Kier alpha value is -1.31. The van der Waals surface area contributed by atoms with Gasteiger partial charge in [0.15, 0.2) is 5.78 Å². The Bertz CT molecular complexity index is 369. The summed E-state index contributed by atoms with van der Waals surface area (Å²) in [6.07, 6.45) is 5.18. The summed E-state index contributed by atoms with van der Waals surface area (Å²) in [4.78, 5) is 11.7. The minimum Gasteiger partial charge on any atom is -0.464 e. The van der Waals surface area contributed by atoms with Crippen LogP contribution in [-0.2, 0) is 4.79 Å². The largest absolute Gasteiger partial charge is 0.464 e. The first kappa shape index (κ1) is 9.25. The van der Waals surface area contributed by atoms with Crippen molar-refractivity contribution in [3.63, 3.8) is 0 Å². The summed E-state index contributed by atoms with van der Waals surface area (Å²) in [6.45, 7) is 4.28. The first-order valence-corrected chi connectivity index (χ1v) is 4.88. The summed E-state index contributed by atoms with van der Waals surface area (Å²) >= 11 is 0. The Labute approximate surface area is 83.6 Å². The molecule has 1 aromatic heterocycles. The fourth-order valence-corrected chi connectivity index (χ4v) is 1.75. The summed E-state index contributed by atoms with van der Waals surface area (Å²) in [7, 11) is 0. The van der Waals surface area contributed by atoms with Crippen LogP contribution in [0.5, 0.6) is 0 Å². The maximum Gasteiger partial charge on any atom is 0.166 e. The number of rotatable bonds is 1. The van der Waals surface area contributed by atoms with E-state index in [0.29, 0.717) is 12.2 Å². The summed E-state index contributed by atoms with van der Waals surface area (Å²) in [5.74, 6) is 0.891. The van der Waals surface area contributed by atoms with E-state index in [9.17, 15) is 4.79 Å². The lowest BCUT2D eigenvalue weighted by atomic mass is 9.78. The number of ketones is 1. The molecule has 1 aliphatic carbocycles. The van der Waals surface area contributed by atoms with Crippen molar-refractivity contribution < 1.29 is 9.21 Å². The summed E-state index contributed by atoms with van der Waals surface area (Å²) < 4.78 is 5.25. The van der Waals surface area contributed by atoms with Gasteiger partial charge in [-0.15, -0.1) is 0 Å². The van der Waals surface area contributed by atoms with Crippen molar-refractivity contribution in [2.45, 2.75) is 26.7 Å². The van der Waals surface area contributed by atoms with E-state index in [1.807, 2.05) is 18.2 Å². The van der Waals surface area contributed by atoms with E-state index < -0.39 is 0 Å². The zero-order chi connectivity index (χ0) is 10.2. The zero-order valence-corrected chi connectivity index (χ0v) is 8.54. The van der Waals surface area contributed by atoms with Crippen LogP contribution in [0.2, 0.25) is 0 Å². The van der Waals surface area contributed by atoms with Crippen molar-refractivity contribution in [2.24, 2.45) is 5.41 Å². The highest BCUT2D eigenvalue weighted by molar-refractivity contribution is 6.20. The molecule has 74 valence electrons. The van der Waals surface area contributed by atoms with Gasteiger partial charge in [0, 0.05) is 6.42 Å². The van der Waals surface area contributed by atoms with Crippen LogP contribution in [0.1, 0.15) is 32.4 Å². The van der Waals surface area contributed by atoms with Crippen molar-refractivity contribution in [2.75, 3.05) is 0 Å². The highest BCUT2D eigenvalue weighted by Crippen LogP contribution is 2.35. The van der Waals surface area contributed by atoms with E-state index in [-0.39, 0.29) is 11.2 Å². The molecular weight excluding hydrogens is 176 g/mol. The average Bonchev–Trinajstić information content (AvgIpc) is 2.62. The number of hydrogen-bond acceptors (Lipinski definition) is 2. The molecule has 2 rings (SSSR count). The monoisotopic (exact) mass is 190 g/mol. The van der Waals surface area contributed by atoms with Crippen molar-refractivity contribution >= 4 is 11.4 Å². The maximum atomic E-state index is 11.7. The maximum absolute atomic E-state index is 11.7. The molecule has 0 aliphatic heterocycles. The normalized spacial score (nSPS) is 20.7. The third kappa shape index (κ3) is 1.65. The van der Waals surface area contributed by atoms with Crippen LogP contribution < -0.4 is 0 Å². The van der Waals surface area contributed by atoms with Gasteiger partial charge in [-0.05, 0) is 24.0 Å². The molecule has 1 aliphatic rings. The molecule has 0 N–H and O–H groups in total. The van der Waals surface area contributed by atoms with Crippen molar-refractivity contribution in [1.82, 2.24) is 0 Å². The molecule has 0 amide bonds. The van der Waals surface area contributed by atoms with Gasteiger partial charge in [-0.2, -0.15) is 0 Å². The molecule has 0 radical (unpaired) electrons. The van der Waals surface area contributed by atoms with Gasteiger partial charge in [-0.1, -0.05) is 19.9 Å². The van der Waals surface area contributed by atoms with Gasteiger partial charge in [-0.25, -0.2) is 0 Å². The fourth-order valence-electron chi connectivity index (χ4n) is 1.75. The Morgan fingerprint density at radius 1 is 1.43 bits per heavy atom.